The predicted octanol–water partition coefficient (Wildman–Crippen LogP) is 0.315. The summed E-state index contributed by atoms with van der Waals surface area (Å²) in [7, 11) is 1.99. The Labute approximate surface area is 99.0 Å². The number of hydrogen-bond acceptors (Lipinski definition) is 4. The van der Waals surface area contributed by atoms with Crippen molar-refractivity contribution in [2.24, 2.45) is 5.41 Å². The quantitative estimate of drug-likeness (QED) is 0.661. The molecule has 96 valence electrons. The van der Waals surface area contributed by atoms with Gasteiger partial charge in [-0.1, -0.05) is 0 Å². The van der Waals surface area contributed by atoms with Crippen LogP contribution in [0.2, 0.25) is 0 Å². The first-order chi connectivity index (χ1) is 7.63. The summed E-state index contributed by atoms with van der Waals surface area (Å²) < 4.78 is 5.54. The molecular weight excluding hydrogens is 204 g/mol. The fourth-order valence-corrected chi connectivity index (χ4v) is 2.42. The molecule has 4 heteroatoms. The minimum atomic E-state index is 0.230. The zero-order valence-electron chi connectivity index (χ0n) is 10.8. The molecule has 4 nitrogen and oxygen atoms in total. The fraction of sp³-hybridized carbons (Fsp3) is 1.00. The van der Waals surface area contributed by atoms with E-state index in [0.717, 1.165) is 39.3 Å². The number of rotatable bonds is 7. The minimum absolute atomic E-state index is 0.230. The Bertz CT molecular complexity index is 191. The SMILES string of the molecule is CNCC1(CN(CCO)C(C)C)CCOC1. The number of aliphatic hydroxyl groups excluding tert-OH is 1. The van der Waals surface area contributed by atoms with E-state index in [9.17, 15) is 0 Å². The summed E-state index contributed by atoms with van der Waals surface area (Å²) in [5.41, 5.74) is 0.230. The molecule has 1 aliphatic rings. The Morgan fingerprint density at radius 2 is 2.25 bits per heavy atom. The molecular formula is C12H26N2O2. The number of aliphatic hydroxyl groups is 1. The van der Waals surface area contributed by atoms with E-state index in [4.69, 9.17) is 9.84 Å². The molecule has 1 aliphatic heterocycles. The van der Waals surface area contributed by atoms with Crippen LogP contribution in [0.15, 0.2) is 0 Å². The summed E-state index contributed by atoms with van der Waals surface area (Å²) in [5, 5.41) is 12.4. The highest BCUT2D eigenvalue weighted by Gasteiger charge is 2.36. The van der Waals surface area contributed by atoms with Gasteiger partial charge in [-0.15, -0.1) is 0 Å². The summed E-state index contributed by atoms with van der Waals surface area (Å²) in [6, 6.07) is 0.474. The second-order valence-electron chi connectivity index (χ2n) is 5.12. The van der Waals surface area contributed by atoms with Crippen LogP contribution in [0.5, 0.6) is 0 Å². The van der Waals surface area contributed by atoms with Crippen LogP contribution in [0.3, 0.4) is 0 Å². The van der Waals surface area contributed by atoms with Crippen LogP contribution < -0.4 is 5.32 Å². The van der Waals surface area contributed by atoms with E-state index in [2.05, 4.69) is 24.1 Å². The van der Waals surface area contributed by atoms with Gasteiger partial charge >= 0.3 is 0 Å². The highest BCUT2D eigenvalue weighted by molar-refractivity contribution is 4.88. The van der Waals surface area contributed by atoms with Crippen molar-refractivity contribution in [2.45, 2.75) is 26.3 Å². The van der Waals surface area contributed by atoms with Crippen molar-refractivity contribution in [1.29, 1.82) is 0 Å². The van der Waals surface area contributed by atoms with Gasteiger partial charge in [-0.25, -0.2) is 0 Å². The van der Waals surface area contributed by atoms with Crippen LogP contribution in [-0.4, -0.2) is 62.6 Å². The van der Waals surface area contributed by atoms with E-state index < -0.39 is 0 Å². The summed E-state index contributed by atoms with van der Waals surface area (Å²) in [6.45, 7) is 9.04. The smallest absolute Gasteiger partial charge is 0.0558 e. The Balaban J connectivity index is 2.57. The summed E-state index contributed by atoms with van der Waals surface area (Å²) in [6.07, 6.45) is 1.11. The number of nitrogens with one attached hydrogen (secondary N) is 1. The number of nitrogens with zero attached hydrogens (tertiary/aromatic N) is 1. The van der Waals surface area contributed by atoms with Crippen molar-refractivity contribution in [3.63, 3.8) is 0 Å². The minimum Gasteiger partial charge on any atom is -0.395 e. The third-order valence-corrected chi connectivity index (χ3v) is 3.39. The highest BCUT2D eigenvalue weighted by Crippen LogP contribution is 2.29. The van der Waals surface area contributed by atoms with Crippen molar-refractivity contribution >= 4 is 0 Å². The molecule has 1 unspecified atom stereocenters. The molecule has 0 aliphatic carbocycles. The van der Waals surface area contributed by atoms with Gasteiger partial charge in [0.15, 0.2) is 0 Å². The van der Waals surface area contributed by atoms with Gasteiger partial charge in [0, 0.05) is 37.7 Å². The molecule has 0 radical (unpaired) electrons. The van der Waals surface area contributed by atoms with E-state index in [1.807, 2.05) is 7.05 Å². The Hall–Kier alpha value is -0.160. The average molecular weight is 230 g/mol. The molecule has 0 aromatic heterocycles. The lowest BCUT2D eigenvalue weighted by Crippen LogP contribution is -2.47. The Morgan fingerprint density at radius 1 is 1.50 bits per heavy atom. The molecule has 0 bridgehead atoms. The molecule has 16 heavy (non-hydrogen) atoms. The first kappa shape index (κ1) is 13.9. The van der Waals surface area contributed by atoms with Crippen LogP contribution in [0.25, 0.3) is 0 Å². The first-order valence-corrected chi connectivity index (χ1v) is 6.21. The molecule has 0 saturated carbocycles. The third kappa shape index (κ3) is 3.70. The summed E-state index contributed by atoms with van der Waals surface area (Å²) >= 11 is 0. The van der Waals surface area contributed by atoms with Gasteiger partial charge in [0.1, 0.15) is 0 Å². The summed E-state index contributed by atoms with van der Waals surface area (Å²) in [4.78, 5) is 2.34. The van der Waals surface area contributed by atoms with Crippen LogP contribution >= 0.6 is 0 Å². The second kappa shape index (κ2) is 6.55. The fourth-order valence-electron chi connectivity index (χ4n) is 2.42. The lowest BCUT2D eigenvalue weighted by Gasteiger charge is -2.36. The monoisotopic (exact) mass is 230 g/mol. The molecule has 1 rings (SSSR count). The molecule has 1 heterocycles. The average Bonchev–Trinajstić information content (AvgIpc) is 2.66. The van der Waals surface area contributed by atoms with Gasteiger partial charge < -0.3 is 15.2 Å². The molecule has 0 spiro atoms. The van der Waals surface area contributed by atoms with Crippen molar-refractivity contribution in [1.82, 2.24) is 10.2 Å². The molecule has 1 fully saturated rings. The standard InChI is InChI=1S/C12H26N2O2/c1-11(2)14(5-6-15)9-12(8-13-3)4-7-16-10-12/h11,13,15H,4-10H2,1-3H3. The number of ether oxygens (including phenoxy) is 1. The largest absolute Gasteiger partial charge is 0.395 e. The van der Waals surface area contributed by atoms with Gasteiger partial charge in [-0.05, 0) is 27.3 Å². The lowest BCUT2D eigenvalue weighted by molar-refractivity contribution is 0.0813. The predicted molar refractivity (Wildman–Crippen MR) is 65.6 cm³/mol. The summed E-state index contributed by atoms with van der Waals surface area (Å²) in [5.74, 6) is 0. The third-order valence-electron chi connectivity index (χ3n) is 3.39. The Morgan fingerprint density at radius 3 is 2.69 bits per heavy atom. The molecule has 1 atom stereocenters. The molecule has 0 aromatic rings. The van der Waals surface area contributed by atoms with Gasteiger partial charge in [0.2, 0.25) is 0 Å². The zero-order valence-corrected chi connectivity index (χ0v) is 10.8. The molecule has 2 N–H and O–H groups in total. The van der Waals surface area contributed by atoms with Crippen molar-refractivity contribution in [3.8, 4) is 0 Å². The molecule has 1 saturated heterocycles. The van der Waals surface area contributed by atoms with Gasteiger partial charge in [-0.3, -0.25) is 4.90 Å². The maximum absolute atomic E-state index is 9.08. The van der Waals surface area contributed by atoms with E-state index in [1.165, 1.54) is 0 Å². The van der Waals surface area contributed by atoms with Crippen LogP contribution in [0.1, 0.15) is 20.3 Å². The van der Waals surface area contributed by atoms with Crippen LogP contribution in [0, 0.1) is 5.41 Å². The van der Waals surface area contributed by atoms with E-state index in [1.54, 1.807) is 0 Å². The van der Waals surface area contributed by atoms with Gasteiger partial charge in [0.05, 0.1) is 13.2 Å². The van der Waals surface area contributed by atoms with Crippen LogP contribution in [0.4, 0.5) is 0 Å². The first-order valence-electron chi connectivity index (χ1n) is 6.21. The highest BCUT2D eigenvalue weighted by atomic mass is 16.5. The van der Waals surface area contributed by atoms with Crippen molar-refractivity contribution < 1.29 is 9.84 Å². The normalized spacial score (nSPS) is 25.9. The Kier molecular flexibility index (Phi) is 5.69. The maximum Gasteiger partial charge on any atom is 0.0558 e. The van der Waals surface area contributed by atoms with Crippen molar-refractivity contribution in [3.05, 3.63) is 0 Å². The van der Waals surface area contributed by atoms with E-state index >= 15 is 0 Å². The van der Waals surface area contributed by atoms with Gasteiger partial charge in [0.25, 0.3) is 0 Å². The molecule has 0 aromatic carbocycles. The van der Waals surface area contributed by atoms with E-state index in [-0.39, 0.29) is 12.0 Å². The van der Waals surface area contributed by atoms with Crippen molar-refractivity contribution in [2.75, 3.05) is 46.5 Å². The van der Waals surface area contributed by atoms with Gasteiger partial charge in [-0.2, -0.15) is 0 Å². The second-order valence-corrected chi connectivity index (χ2v) is 5.12. The molecule has 0 amide bonds. The van der Waals surface area contributed by atoms with E-state index in [0.29, 0.717) is 6.04 Å². The maximum atomic E-state index is 9.08. The lowest BCUT2D eigenvalue weighted by atomic mass is 9.86. The van der Waals surface area contributed by atoms with Crippen LogP contribution in [-0.2, 0) is 4.74 Å². The number of hydrogen-bond donors (Lipinski definition) is 2. The topological polar surface area (TPSA) is 44.7 Å². The zero-order chi connectivity index (χ0) is 12.0.